The molecular weight excluding hydrogens is 396 g/mol. The van der Waals surface area contributed by atoms with Crippen LogP contribution in [0.15, 0.2) is 48.5 Å². The molecule has 0 amide bonds. The molecule has 0 saturated heterocycles. The fourth-order valence-corrected chi connectivity index (χ4v) is 3.36. The van der Waals surface area contributed by atoms with Crippen molar-refractivity contribution in [3.63, 3.8) is 0 Å². The van der Waals surface area contributed by atoms with Gasteiger partial charge in [-0.05, 0) is 71.5 Å². The first-order valence-electron chi connectivity index (χ1n) is 9.42. The zero-order chi connectivity index (χ0) is 21.8. The molecule has 0 radical (unpaired) electrons. The second kappa shape index (κ2) is 9.03. The standard InChI is InChI=1S/C24H20F4O2/c1-2-3-22-23(29)10-17(11-24(22)30)16(4-14-6-18(25)12-19(26)7-14)5-15-8-20(27)13-21(28)9-15/h4,6-13,29-30H,2-3,5H2,1H3. The third-order valence-electron chi connectivity index (χ3n) is 4.62. The van der Waals surface area contributed by atoms with E-state index in [2.05, 4.69) is 0 Å². The van der Waals surface area contributed by atoms with E-state index < -0.39 is 23.3 Å². The van der Waals surface area contributed by atoms with Crippen molar-refractivity contribution in [1.29, 1.82) is 0 Å². The molecule has 156 valence electrons. The molecule has 0 aliphatic rings. The Morgan fingerprint density at radius 1 is 0.767 bits per heavy atom. The van der Waals surface area contributed by atoms with Crippen LogP contribution in [0, 0.1) is 23.3 Å². The van der Waals surface area contributed by atoms with Crippen molar-refractivity contribution in [2.75, 3.05) is 0 Å². The van der Waals surface area contributed by atoms with Gasteiger partial charge in [0, 0.05) is 17.7 Å². The van der Waals surface area contributed by atoms with E-state index in [1.807, 2.05) is 6.92 Å². The summed E-state index contributed by atoms with van der Waals surface area (Å²) in [6, 6.07) is 8.83. The fourth-order valence-electron chi connectivity index (χ4n) is 3.36. The van der Waals surface area contributed by atoms with Crippen LogP contribution in [0.4, 0.5) is 17.6 Å². The van der Waals surface area contributed by atoms with E-state index >= 15 is 0 Å². The highest BCUT2D eigenvalue weighted by Gasteiger charge is 2.14. The van der Waals surface area contributed by atoms with Gasteiger partial charge in [0.15, 0.2) is 0 Å². The maximum absolute atomic E-state index is 13.6. The monoisotopic (exact) mass is 416 g/mol. The van der Waals surface area contributed by atoms with Crippen molar-refractivity contribution >= 4 is 11.6 Å². The number of hydrogen-bond acceptors (Lipinski definition) is 2. The van der Waals surface area contributed by atoms with E-state index in [1.54, 1.807) is 0 Å². The van der Waals surface area contributed by atoms with Crippen LogP contribution in [0.1, 0.15) is 35.6 Å². The van der Waals surface area contributed by atoms with Crippen LogP contribution < -0.4 is 0 Å². The first-order chi connectivity index (χ1) is 14.2. The summed E-state index contributed by atoms with van der Waals surface area (Å²) in [7, 11) is 0. The molecule has 3 aromatic rings. The first kappa shape index (κ1) is 21.4. The minimum Gasteiger partial charge on any atom is -0.508 e. The van der Waals surface area contributed by atoms with Crippen LogP contribution in [0.2, 0.25) is 0 Å². The highest BCUT2D eigenvalue weighted by Crippen LogP contribution is 2.35. The molecule has 0 fully saturated rings. The van der Waals surface area contributed by atoms with Crippen molar-refractivity contribution in [3.8, 4) is 11.5 Å². The van der Waals surface area contributed by atoms with Crippen LogP contribution in [-0.4, -0.2) is 10.2 Å². The molecule has 0 aromatic heterocycles. The van der Waals surface area contributed by atoms with Gasteiger partial charge in [-0.25, -0.2) is 17.6 Å². The Balaban J connectivity index is 2.13. The average molecular weight is 416 g/mol. The van der Waals surface area contributed by atoms with Gasteiger partial charge in [0.1, 0.15) is 34.8 Å². The number of phenols is 2. The van der Waals surface area contributed by atoms with Gasteiger partial charge in [-0.15, -0.1) is 0 Å². The summed E-state index contributed by atoms with van der Waals surface area (Å²) < 4.78 is 54.5. The second-order valence-corrected chi connectivity index (χ2v) is 7.07. The van der Waals surface area contributed by atoms with E-state index in [0.717, 1.165) is 36.4 Å². The number of rotatable bonds is 6. The van der Waals surface area contributed by atoms with Gasteiger partial charge < -0.3 is 10.2 Å². The molecule has 30 heavy (non-hydrogen) atoms. The minimum absolute atomic E-state index is 0.00117. The molecule has 0 atom stereocenters. The van der Waals surface area contributed by atoms with Crippen LogP contribution in [0.3, 0.4) is 0 Å². The van der Waals surface area contributed by atoms with Crippen molar-refractivity contribution in [1.82, 2.24) is 0 Å². The lowest BCUT2D eigenvalue weighted by Gasteiger charge is -2.14. The van der Waals surface area contributed by atoms with Crippen molar-refractivity contribution in [2.24, 2.45) is 0 Å². The molecule has 0 unspecified atom stereocenters. The fraction of sp³-hybridized carbons (Fsp3) is 0.167. The number of halogens is 4. The predicted molar refractivity (Wildman–Crippen MR) is 108 cm³/mol. The number of phenolic OH excluding ortho intramolecular Hbond substituents is 2. The van der Waals surface area contributed by atoms with Gasteiger partial charge in [0.2, 0.25) is 0 Å². The van der Waals surface area contributed by atoms with Gasteiger partial charge >= 0.3 is 0 Å². The molecule has 3 aromatic carbocycles. The van der Waals surface area contributed by atoms with Crippen molar-refractivity contribution in [3.05, 3.63) is 94.1 Å². The highest BCUT2D eigenvalue weighted by atomic mass is 19.1. The molecule has 0 spiro atoms. The number of allylic oxidation sites excluding steroid dienone is 1. The molecular formula is C24H20F4O2. The van der Waals surface area contributed by atoms with Crippen LogP contribution in [-0.2, 0) is 12.8 Å². The summed E-state index contributed by atoms with van der Waals surface area (Å²) in [6.45, 7) is 1.90. The summed E-state index contributed by atoms with van der Waals surface area (Å²) in [5.41, 5.74) is 1.62. The van der Waals surface area contributed by atoms with Gasteiger partial charge in [-0.3, -0.25) is 0 Å². The summed E-state index contributed by atoms with van der Waals surface area (Å²) in [4.78, 5) is 0. The second-order valence-electron chi connectivity index (χ2n) is 7.07. The van der Waals surface area contributed by atoms with Gasteiger partial charge in [-0.2, -0.15) is 0 Å². The van der Waals surface area contributed by atoms with E-state index in [9.17, 15) is 27.8 Å². The lowest BCUT2D eigenvalue weighted by Crippen LogP contribution is -1.96. The van der Waals surface area contributed by atoms with Gasteiger partial charge in [0.25, 0.3) is 0 Å². The quantitative estimate of drug-likeness (QED) is 0.361. The Kier molecular flexibility index (Phi) is 6.45. The molecule has 0 bridgehead atoms. The van der Waals surface area contributed by atoms with Crippen molar-refractivity contribution in [2.45, 2.75) is 26.2 Å². The van der Waals surface area contributed by atoms with E-state index in [4.69, 9.17) is 0 Å². The Morgan fingerprint density at radius 2 is 1.27 bits per heavy atom. The Morgan fingerprint density at radius 3 is 1.77 bits per heavy atom. The molecule has 0 aliphatic carbocycles. The van der Waals surface area contributed by atoms with Crippen LogP contribution in [0.5, 0.6) is 11.5 Å². The number of hydrogen-bond donors (Lipinski definition) is 2. The van der Waals surface area contributed by atoms with Crippen LogP contribution >= 0.6 is 0 Å². The molecule has 6 heteroatoms. The molecule has 0 heterocycles. The smallest absolute Gasteiger partial charge is 0.126 e. The topological polar surface area (TPSA) is 40.5 Å². The number of aromatic hydroxyl groups is 2. The summed E-state index contributed by atoms with van der Waals surface area (Å²) in [6.07, 6.45) is 2.61. The Hall–Kier alpha value is -3.28. The van der Waals surface area contributed by atoms with Crippen molar-refractivity contribution < 1.29 is 27.8 Å². The highest BCUT2D eigenvalue weighted by molar-refractivity contribution is 5.84. The third-order valence-corrected chi connectivity index (χ3v) is 4.62. The zero-order valence-corrected chi connectivity index (χ0v) is 16.2. The minimum atomic E-state index is -0.776. The molecule has 2 N–H and O–H groups in total. The van der Waals surface area contributed by atoms with Gasteiger partial charge in [0.05, 0.1) is 0 Å². The summed E-state index contributed by atoms with van der Waals surface area (Å²) in [5, 5.41) is 20.7. The SMILES string of the molecule is CCCc1c(O)cc(C(=Cc2cc(F)cc(F)c2)Cc2cc(F)cc(F)c2)cc1O. The normalized spacial score (nSPS) is 11.7. The van der Waals surface area contributed by atoms with Gasteiger partial charge in [-0.1, -0.05) is 19.4 Å². The number of benzene rings is 3. The summed E-state index contributed by atoms with van der Waals surface area (Å²) in [5.74, 6) is -3.33. The Bertz CT molecular complexity index is 1040. The average Bonchev–Trinajstić information content (AvgIpc) is 2.62. The molecule has 0 saturated carbocycles. The first-order valence-corrected chi connectivity index (χ1v) is 9.42. The zero-order valence-electron chi connectivity index (χ0n) is 16.2. The van der Waals surface area contributed by atoms with E-state index in [1.165, 1.54) is 18.2 Å². The van der Waals surface area contributed by atoms with E-state index in [-0.39, 0.29) is 29.0 Å². The third kappa shape index (κ3) is 5.20. The largest absolute Gasteiger partial charge is 0.508 e. The maximum Gasteiger partial charge on any atom is 0.126 e. The lowest BCUT2D eigenvalue weighted by atomic mass is 9.93. The molecule has 3 rings (SSSR count). The predicted octanol–water partition coefficient (Wildman–Crippen LogP) is 6.39. The molecule has 2 nitrogen and oxygen atoms in total. The lowest BCUT2D eigenvalue weighted by molar-refractivity contribution is 0.437. The van der Waals surface area contributed by atoms with Crippen LogP contribution in [0.25, 0.3) is 11.6 Å². The maximum atomic E-state index is 13.6. The summed E-state index contributed by atoms with van der Waals surface area (Å²) >= 11 is 0. The molecule has 0 aliphatic heterocycles. The van der Waals surface area contributed by atoms with E-state index in [0.29, 0.717) is 29.5 Å². The Labute approximate surface area is 171 Å².